The number of aliphatic imine (C=N–C) groups is 1. The van der Waals surface area contributed by atoms with Gasteiger partial charge < -0.3 is 10.0 Å². The van der Waals surface area contributed by atoms with Gasteiger partial charge in [-0.15, -0.1) is 0 Å². The van der Waals surface area contributed by atoms with Crippen molar-refractivity contribution >= 4 is 27.7 Å². The number of carbonyl (C=O) groups is 2. The van der Waals surface area contributed by atoms with Crippen LogP contribution in [0.25, 0.3) is 0 Å². The molecular formula is C16H19N3O5S. The monoisotopic (exact) mass is 365 g/mol. The lowest BCUT2D eigenvalue weighted by Crippen LogP contribution is -2.39. The molecule has 2 N–H and O–H groups in total. The molecule has 0 radical (unpaired) electrons. The summed E-state index contributed by atoms with van der Waals surface area (Å²) in [6.07, 6.45) is 0.382. The van der Waals surface area contributed by atoms with E-state index in [1.807, 2.05) is 0 Å². The van der Waals surface area contributed by atoms with E-state index in [0.717, 1.165) is 0 Å². The molecule has 134 valence electrons. The molecule has 25 heavy (non-hydrogen) atoms. The molecular weight excluding hydrogens is 346 g/mol. The van der Waals surface area contributed by atoms with Crippen molar-refractivity contribution in [1.82, 2.24) is 9.62 Å². The minimum Gasteiger partial charge on any atom is -0.481 e. The van der Waals surface area contributed by atoms with Gasteiger partial charge >= 0.3 is 5.97 Å². The summed E-state index contributed by atoms with van der Waals surface area (Å²) in [6, 6.07) is 5.60. The molecule has 1 fully saturated rings. The predicted octanol–water partition coefficient (Wildman–Crippen LogP) is 0.437. The van der Waals surface area contributed by atoms with Crippen LogP contribution in [0.4, 0.5) is 0 Å². The summed E-state index contributed by atoms with van der Waals surface area (Å²) in [5.41, 5.74) is -0.525. The number of carbonyl (C=O) groups excluding carboxylic acids is 1. The van der Waals surface area contributed by atoms with Gasteiger partial charge in [0.05, 0.1) is 10.3 Å². The van der Waals surface area contributed by atoms with Crippen LogP contribution in [0.15, 0.2) is 34.2 Å². The largest absolute Gasteiger partial charge is 0.481 e. The van der Waals surface area contributed by atoms with Crippen molar-refractivity contribution in [2.24, 2.45) is 10.4 Å². The van der Waals surface area contributed by atoms with Crippen LogP contribution in [0.3, 0.4) is 0 Å². The van der Waals surface area contributed by atoms with Crippen molar-refractivity contribution in [2.45, 2.75) is 31.2 Å². The number of carboxylic acid groups (broad SMARTS) is 1. The second-order valence-corrected chi connectivity index (χ2v) is 8.28. The van der Waals surface area contributed by atoms with Gasteiger partial charge in [0.15, 0.2) is 0 Å². The molecule has 8 nitrogen and oxygen atoms in total. The van der Waals surface area contributed by atoms with E-state index in [-0.39, 0.29) is 23.2 Å². The van der Waals surface area contributed by atoms with Crippen LogP contribution in [0.2, 0.25) is 0 Å². The van der Waals surface area contributed by atoms with Crippen LogP contribution >= 0.6 is 0 Å². The van der Waals surface area contributed by atoms with E-state index in [0.29, 0.717) is 18.5 Å². The number of amides is 1. The Kier molecular flexibility index (Phi) is 4.06. The third-order valence-corrected chi connectivity index (χ3v) is 6.04. The number of fused-ring (bicyclic) bond motifs is 1. The first-order chi connectivity index (χ1) is 11.6. The minimum atomic E-state index is -3.66. The fourth-order valence-electron chi connectivity index (χ4n) is 3.07. The van der Waals surface area contributed by atoms with Gasteiger partial charge in [0, 0.05) is 18.7 Å². The fourth-order valence-corrected chi connectivity index (χ4v) is 4.31. The first kappa shape index (κ1) is 17.4. The first-order valence-electron chi connectivity index (χ1n) is 7.86. The highest BCUT2D eigenvalue weighted by atomic mass is 32.2. The van der Waals surface area contributed by atoms with Gasteiger partial charge in [-0.25, -0.2) is 8.42 Å². The van der Waals surface area contributed by atoms with Gasteiger partial charge in [0.1, 0.15) is 11.9 Å². The molecule has 1 saturated heterocycles. The summed E-state index contributed by atoms with van der Waals surface area (Å²) in [6.45, 7) is 3.65. The number of nitrogens with one attached hydrogen (secondary N) is 1. The van der Waals surface area contributed by atoms with E-state index < -0.39 is 27.4 Å². The molecule has 2 unspecified atom stereocenters. The van der Waals surface area contributed by atoms with Crippen molar-refractivity contribution in [1.29, 1.82) is 0 Å². The number of aliphatic carboxylic acids is 1. The highest BCUT2D eigenvalue weighted by molar-refractivity contribution is 7.90. The standard InChI is InChI=1S/C16H19N3O5S/c1-10(14(20)19-8-7-16(2,9-19)15(21)22)17-13-11-5-3-4-6-12(11)25(23,24)18-13/h3-6,10H,7-9H2,1-2H3,(H,17,18)(H,21,22). The Morgan fingerprint density at radius 1 is 1.36 bits per heavy atom. The molecule has 0 bridgehead atoms. The zero-order valence-corrected chi connectivity index (χ0v) is 14.7. The van der Waals surface area contributed by atoms with E-state index in [2.05, 4.69) is 9.71 Å². The zero-order chi connectivity index (χ0) is 18.4. The van der Waals surface area contributed by atoms with Crippen LogP contribution in [-0.2, 0) is 19.6 Å². The summed E-state index contributed by atoms with van der Waals surface area (Å²) in [5.74, 6) is -1.11. The molecule has 1 aromatic carbocycles. The molecule has 2 aliphatic heterocycles. The predicted molar refractivity (Wildman–Crippen MR) is 89.7 cm³/mol. The third kappa shape index (κ3) is 2.99. The number of rotatable bonds is 3. The number of carboxylic acids is 1. The molecule has 3 rings (SSSR count). The SMILES string of the molecule is CC(N=C1NS(=O)(=O)c2ccccc21)C(=O)N1CCC(C)(C(=O)O)C1. The number of likely N-dealkylation sites (tertiary alicyclic amines) is 1. The molecule has 0 aromatic heterocycles. The summed E-state index contributed by atoms with van der Waals surface area (Å²) in [7, 11) is -3.66. The molecule has 0 spiro atoms. The van der Waals surface area contributed by atoms with E-state index in [9.17, 15) is 23.1 Å². The number of sulfonamides is 1. The zero-order valence-electron chi connectivity index (χ0n) is 13.9. The Bertz CT molecular complexity index is 880. The van der Waals surface area contributed by atoms with E-state index in [1.165, 1.54) is 11.0 Å². The molecule has 0 saturated carbocycles. The first-order valence-corrected chi connectivity index (χ1v) is 9.34. The second-order valence-electron chi connectivity index (χ2n) is 6.63. The second kappa shape index (κ2) is 5.83. The smallest absolute Gasteiger partial charge is 0.311 e. The number of benzene rings is 1. The van der Waals surface area contributed by atoms with Gasteiger partial charge in [-0.2, -0.15) is 0 Å². The van der Waals surface area contributed by atoms with Crippen molar-refractivity contribution in [3.63, 3.8) is 0 Å². The molecule has 2 heterocycles. The van der Waals surface area contributed by atoms with Gasteiger partial charge in [-0.05, 0) is 32.4 Å². The van der Waals surface area contributed by atoms with Gasteiger partial charge in [0.25, 0.3) is 10.0 Å². The van der Waals surface area contributed by atoms with E-state index in [1.54, 1.807) is 32.0 Å². The number of nitrogens with zero attached hydrogens (tertiary/aromatic N) is 2. The Hall–Kier alpha value is -2.42. The Morgan fingerprint density at radius 2 is 2.04 bits per heavy atom. The molecule has 0 aliphatic carbocycles. The highest BCUT2D eigenvalue weighted by Gasteiger charge is 2.43. The van der Waals surface area contributed by atoms with Gasteiger partial charge in [-0.3, -0.25) is 19.3 Å². The highest BCUT2D eigenvalue weighted by Crippen LogP contribution is 2.31. The molecule has 2 aliphatic rings. The van der Waals surface area contributed by atoms with Crippen LogP contribution in [0.5, 0.6) is 0 Å². The lowest BCUT2D eigenvalue weighted by atomic mass is 9.90. The number of amidine groups is 1. The molecule has 1 amide bonds. The van der Waals surface area contributed by atoms with Crippen molar-refractivity contribution < 1.29 is 23.1 Å². The molecule has 9 heteroatoms. The summed E-state index contributed by atoms with van der Waals surface area (Å²) < 4.78 is 26.5. The van der Waals surface area contributed by atoms with Crippen LogP contribution < -0.4 is 4.72 Å². The van der Waals surface area contributed by atoms with Crippen molar-refractivity contribution in [3.05, 3.63) is 29.8 Å². The quantitative estimate of drug-likeness (QED) is 0.806. The van der Waals surface area contributed by atoms with Crippen molar-refractivity contribution in [3.8, 4) is 0 Å². The van der Waals surface area contributed by atoms with Crippen molar-refractivity contribution in [2.75, 3.05) is 13.1 Å². The average molecular weight is 365 g/mol. The average Bonchev–Trinajstić information content (AvgIpc) is 3.07. The summed E-state index contributed by atoms with van der Waals surface area (Å²) in [4.78, 5) is 29.7. The lowest BCUT2D eigenvalue weighted by Gasteiger charge is -2.21. The summed E-state index contributed by atoms with van der Waals surface area (Å²) >= 11 is 0. The normalized spacial score (nSPS) is 27.0. The summed E-state index contributed by atoms with van der Waals surface area (Å²) in [5, 5.41) is 9.27. The maximum atomic E-state index is 12.6. The van der Waals surface area contributed by atoms with Crippen LogP contribution in [-0.4, -0.2) is 55.3 Å². The van der Waals surface area contributed by atoms with Gasteiger partial charge in [-0.1, -0.05) is 12.1 Å². The number of hydrogen-bond donors (Lipinski definition) is 2. The maximum absolute atomic E-state index is 12.6. The van der Waals surface area contributed by atoms with E-state index >= 15 is 0 Å². The molecule has 1 aromatic rings. The Labute approximate surface area is 145 Å². The van der Waals surface area contributed by atoms with Crippen LogP contribution in [0, 0.1) is 5.41 Å². The lowest BCUT2D eigenvalue weighted by molar-refractivity contribution is -0.147. The Balaban J connectivity index is 1.81. The minimum absolute atomic E-state index is 0.124. The topological polar surface area (TPSA) is 116 Å². The van der Waals surface area contributed by atoms with Gasteiger partial charge in [0.2, 0.25) is 5.91 Å². The van der Waals surface area contributed by atoms with Crippen LogP contribution in [0.1, 0.15) is 25.8 Å². The third-order valence-electron chi connectivity index (χ3n) is 4.64. The number of hydrogen-bond acceptors (Lipinski definition) is 5. The maximum Gasteiger partial charge on any atom is 0.311 e. The molecule has 2 atom stereocenters. The fraction of sp³-hybridized carbons (Fsp3) is 0.438. The Morgan fingerprint density at radius 3 is 2.68 bits per heavy atom. The van der Waals surface area contributed by atoms with E-state index in [4.69, 9.17) is 0 Å².